The largest absolute Gasteiger partial charge is 0.441 e. The van der Waals surface area contributed by atoms with Crippen LogP contribution in [0, 0.1) is 6.92 Å². The van der Waals surface area contributed by atoms with Crippen LogP contribution in [0.15, 0.2) is 28.7 Å². The van der Waals surface area contributed by atoms with E-state index in [-0.39, 0.29) is 0 Å². The van der Waals surface area contributed by atoms with Gasteiger partial charge in [-0.3, -0.25) is 0 Å². The number of oxazole rings is 1. The third-order valence-electron chi connectivity index (χ3n) is 2.32. The molecule has 1 aromatic carbocycles. The third kappa shape index (κ3) is 2.05. The maximum atomic E-state index is 5.81. The van der Waals surface area contributed by atoms with E-state index in [1.807, 2.05) is 31.2 Å². The van der Waals surface area contributed by atoms with Crippen molar-refractivity contribution in [3.8, 4) is 11.5 Å². The van der Waals surface area contributed by atoms with Gasteiger partial charge >= 0.3 is 0 Å². The van der Waals surface area contributed by atoms with Gasteiger partial charge in [0.1, 0.15) is 5.76 Å². The van der Waals surface area contributed by atoms with Crippen molar-refractivity contribution >= 4 is 11.6 Å². The number of aromatic nitrogens is 1. The number of aryl methyl sites for hydroxylation is 2. The molecule has 78 valence electrons. The average molecular weight is 222 g/mol. The summed E-state index contributed by atoms with van der Waals surface area (Å²) in [5, 5.41) is 0.720. The van der Waals surface area contributed by atoms with Crippen molar-refractivity contribution in [1.29, 1.82) is 0 Å². The zero-order valence-corrected chi connectivity index (χ0v) is 9.51. The lowest BCUT2D eigenvalue weighted by atomic mass is 10.2. The molecule has 0 fully saturated rings. The van der Waals surface area contributed by atoms with E-state index < -0.39 is 0 Å². The van der Waals surface area contributed by atoms with Crippen molar-refractivity contribution in [3.05, 3.63) is 40.7 Å². The molecule has 0 radical (unpaired) electrons. The molecule has 0 atom stereocenters. The number of rotatable bonds is 2. The summed E-state index contributed by atoms with van der Waals surface area (Å²) in [6, 6.07) is 7.49. The molecule has 0 saturated carbocycles. The minimum absolute atomic E-state index is 0.668. The summed E-state index contributed by atoms with van der Waals surface area (Å²) in [5.74, 6) is 1.56. The Labute approximate surface area is 93.9 Å². The van der Waals surface area contributed by atoms with Crippen LogP contribution in [-0.2, 0) is 6.42 Å². The maximum absolute atomic E-state index is 5.81. The van der Waals surface area contributed by atoms with E-state index in [4.69, 9.17) is 16.0 Å². The average Bonchev–Trinajstić information content (AvgIpc) is 2.61. The molecule has 0 aliphatic heterocycles. The summed E-state index contributed by atoms with van der Waals surface area (Å²) in [4.78, 5) is 4.42. The van der Waals surface area contributed by atoms with Crippen LogP contribution in [0.1, 0.15) is 18.4 Å². The molecule has 2 rings (SSSR count). The van der Waals surface area contributed by atoms with Crippen molar-refractivity contribution in [1.82, 2.24) is 4.98 Å². The summed E-state index contributed by atoms with van der Waals surface area (Å²) in [6.45, 7) is 4.00. The maximum Gasteiger partial charge on any atom is 0.226 e. The molecule has 0 unspecified atom stereocenters. The lowest BCUT2D eigenvalue weighted by Crippen LogP contribution is -1.82. The number of halogens is 1. The monoisotopic (exact) mass is 221 g/mol. The van der Waals surface area contributed by atoms with E-state index in [2.05, 4.69) is 11.9 Å². The van der Waals surface area contributed by atoms with Gasteiger partial charge in [0, 0.05) is 10.6 Å². The van der Waals surface area contributed by atoms with Crippen LogP contribution in [0.4, 0.5) is 0 Å². The molecule has 0 bridgehead atoms. The van der Waals surface area contributed by atoms with E-state index in [9.17, 15) is 0 Å². The second-order valence-electron chi connectivity index (χ2n) is 3.38. The standard InChI is InChI=1S/C12H12ClNO/c1-3-11-8(2)15-12(14-11)9-4-6-10(13)7-5-9/h4-7H,3H2,1-2H3. The Morgan fingerprint density at radius 1 is 1.27 bits per heavy atom. The van der Waals surface area contributed by atoms with E-state index in [0.717, 1.165) is 28.5 Å². The Hall–Kier alpha value is -1.28. The predicted octanol–water partition coefficient (Wildman–Crippen LogP) is 3.87. The number of benzene rings is 1. The predicted molar refractivity (Wildman–Crippen MR) is 61.1 cm³/mol. The molecular weight excluding hydrogens is 210 g/mol. The first-order valence-electron chi connectivity index (χ1n) is 4.93. The first kappa shape index (κ1) is 10.2. The second-order valence-corrected chi connectivity index (χ2v) is 3.82. The first-order valence-corrected chi connectivity index (χ1v) is 5.30. The third-order valence-corrected chi connectivity index (χ3v) is 2.57. The number of nitrogens with zero attached hydrogens (tertiary/aromatic N) is 1. The van der Waals surface area contributed by atoms with Crippen LogP contribution < -0.4 is 0 Å². The lowest BCUT2D eigenvalue weighted by Gasteiger charge is -1.94. The summed E-state index contributed by atoms with van der Waals surface area (Å²) in [5.41, 5.74) is 1.97. The minimum atomic E-state index is 0.668. The van der Waals surface area contributed by atoms with Gasteiger partial charge in [-0.1, -0.05) is 18.5 Å². The van der Waals surface area contributed by atoms with Crippen molar-refractivity contribution in [2.45, 2.75) is 20.3 Å². The van der Waals surface area contributed by atoms with Gasteiger partial charge in [0.25, 0.3) is 0 Å². The lowest BCUT2D eigenvalue weighted by molar-refractivity contribution is 0.539. The molecule has 0 N–H and O–H groups in total. The Kier molecular flexibility index (Phi) is 2.78. The molecule has 0 aliphatic carbocycles. The molecule has 3 heteroatoms. The van der Waals surface area contributed by atoms with Gasteiger partial charge in [0.2, 0.25) is 5.89 Å². The van der Waals surface area contributed by atoms with Crippen LogP contribution in [0.5, 0.6) is 0 Å². The molecule has 1 aromatic heterocycles. The Morgan fingerprint density at radius 3 is 2.47 bits per heavy atom. The van der Waals surface area contributed by atoms with Gasteiger partial charge in [0.15, 0.2) is 0 Å². The molecule has 0 saturated heterocycles. The van der Waals surface area contributed by atoms with Crippen molar-refractivity contribution in [3.63, 3.8) is 0 Å². The van der Waals surface area contributed by atoms with Gasteiger partial charge < -0.3 is 4.42 Å². The summed E-state index contributed by atoms with van der Waals surface area (Å²) < 4.78 is 5.58. The van der Waals surface area contributed by atoms with Crippen LogP contribution in [-0.4, -0.2) is 4.98 Å². The van der Waals surface area contributed by atoms with E-state index in [0.29, 0.717) is 5.89 Å². The fraction of sp³-hybridized carbons (Fsp3) is 0.250. The highest BCUT2D eigenvalue weighted by molar-refractivity contribution is 6.30. The van der Waals surface area contributed by atoms with Gasteiger partial charge in [-0.05, 0) is 37.6 Å². The SMILES string of the molecule is CCc1nc(-c2ccc(Cl)cc2)oc1C. The van der Waals surface area contributed by atoms with E-state index >= 15 is 0 Å². The Morgan fingerprint density at radius 2 is 1.93 bits per heavy atom. The highest BCUT2D eigenvalue weighted by Crippen LogP contribution is 2.23. The Bertz CT molecular complexity index is 459. The molecule has 15 heavy (non-hydrogen) atoms. The first-order chi connectivity index (χ1) is 7.20. The van der Waals surface area contributed by atoms with Crippen molar-refractivity contribution in [2.24, 2.45) is 0 Å². The summed E-state index contributed by atoms with van der Waals surface area (Å²) >= 11 is 5.81. The molecule has 2 nitrogen and oxygen atoms in total. The molecular formula is C12H12ClNO. The molecule has 1 heterocycles. The fourth-order valence-corrected chi connectivity index (χ4v) is 1.60. The van der Waals surface area contributed by atoms with Crippen LogP contribution in [0.2, 0.25) is 5.02 Å². The van der Waals surface area contributed by atoms with Crippen molar-refractivity contribution in [2.75, 3.05) is 0 Å². The fourth-order valence-electron chi connectivity index (χ4n) is 1.47. The van der Waals surface area contributed by atoms with E-state index in [1.165, 1.54) is 0 Å². The van der Waals surface area contributed by atoms with Crippen LogP contribution >= 0.6 is 11.6 Å². The minimum Gasteiger partial charge on any atom is -0.441 e. The molecule has 2 aromatic rings. The zero-order valence-electron chi connectivity index (χ0n) is 8.75. The summed E-state index contributed by atoms with van der Waals surface area (Å²) in [7, 11) is 0. The van der Waals surface area contributed by atoms with Gasteiger partial charge in [-0.25, -0.2) is 4.98 Å². The van der Waals surface area contributed by atoms with Gasteiger partial charge in [-0.2, -0.15) is 0 Å². The summed E-state index contributed by atoms with van der Waals surface area (Å²) in [6.07, 6.45) is 0.892. The van der Waals surface area contributed by atoms with Gasteiger partial charge in [0.05, 0.1) is 5.69 Å². The number of hydrogen-bond acceptors (Lipinski definition) is 2. The zero-order chi connectivity index (χ0) is 10.8. The number of hydrogen-bond donors (Lipinski definition) is 0. The molecule has 0 spiro atoms. The van der Waals surface area contributed by atoms with Crippen LogP contribution in [0.3, 0.4) is 0 Å². The van der Waals surface area contributed by atoms with Gasteiger partial charge in [-0.15, -0.1) is 0 Å². The smallest absolute Gasteiger partial charge is 0.226 e. The highest BCUT2D eigenvalue weighted by Gasteiger charge is 2.09. The quantitative estimate of drug-likeness (QED) is 0.770. The topological polar surface area (TPSA) is 26.0 Å². The van der Waals surface area contributed by atoms with E-state index in [1.54, 1.807) is 0 Å². The normalized spacial score (nSPS) is 10.6. The van der Waals surface area contributed by atoms with Crippen LogP contribution in [0.25, 0.3) is 11.5 Å². The highest BCUT2D eigenvalue weighted by atomic mass is 35.5. The Balaban J connectivity index is 2.41. The molecule has 0 aliphatic rings. The molecule has 0 amide bonds. The second kappa shape index (κ2) is 4.07. The van der Waals surface area contributed by atoms with Crippen molar-refractivity contribution < 1.29 is 4.42 Å².